The molecule has 1 aromatic heterocycles. The second-order valence-corrected chi connectivity index (χ2v) is 8.83. The van der Waals surface area contributed by atoms with Gasteiger partial charge in [-0.05, 0) is 30.3 Å². The van der Waals surface area contributed by atoms with Crippen molar-refractivity contribution in [1.29, 1.82) is 0 Å². The number of halogens is 4. The Morgan fingerprint density at radius 1 is 1.15 bits per heavy atom. The maximum absolute atomic E-state index is 13.4. The van der Waals surface area contributed by atoms with Gasteiger partial charge in [0, 0.05) is 17.0 Å². The van der Waals surface area contributed by atoms with Gasteiger partial charge in [-0.3, -0.25) is 4.31 Å². The molecule has 3 aromatic rings. The summed E-state index contributed by atoms with van der Waals surface area (Å²) in [6.07, 6.45) is -5.77. The summed E-state index contributed by atoms with van der Waals surface area (Å²) < 4.78 is 92.2. The van der Waals surface area contributed by atoms with E-state index in [1.807, 2.05) is 0 Å². The number of fused-ring (bicyclic) bond motifs is 1. The van der Waals surface area contributed by atoms with E-state index in [-0.39, 0.29) is 37.9 Å². The molecule has 0 bridgehead atoms. The first-order valence-corrected chi connectivity index (χ1v) is 11.0. The number of sulfonamides is 1. The molecule has 34 heavy (non-hydrogen) atoms. The van der Waals surface area contributed by atoms with Crippen LogP contribution >= 0.6 is 0 Å². The lowest BCUT2D eigenvalue weighted by molar-refractivity contribution is -0.117. The molecule has 0 saturated heterocycles. The Morgan fingerprint density at radius 3 is 2.26 bits per heavy atom. The lowest BCUT2D eigenvalue weighted by Gasteiger charge is -2.25. The van der Waals surface area contributed by atoms with Crippen molar-refractivity contribution >= 4 is 38.7 Å². The number of primary amides is 1. The van der Waals surface area contributed by atoms with Gasteiger partial charge in [-0.1, -0.05) is 0 Å². The molecule has 0 radical (unpaired) electrons. The van der Waals surface area contributed by atoms with Crippen LogP contribution in [0.5, 0.6) is 5.75 Å². The lowest BCUT2D eigenvalue weighted by Crippen LogP contribution is -2.38. The molecule has 0 atom stereocenters. The first-order valence-electron chi connectivity index (χ1n) is 9.18. The predicted octanol–water partition coefficient (Wildman–Crippen LogP) is 3.81. The van der Waals surface area contributed by atoms with E-state index in [2.05, 4.69) is 4.74 Å². The number of hydrogen-bond donors (Lipinski definition) is 1. The van der Waals surface area contributed by atoms with Gasteiger partial charge in [0.1, 0.15) is 35.0 Å². The van der Waals surface area contributed by atoms with Crippen LogP contribution in [0.15, 0.2) is 40.8 Å². The Labute approximate surface area is 189 Å². The number of amides is 1. The Hall–Kier alpha value is -3.81. The van der Waals surface area contributed by atoms with Gasteiger partial charge in [0.05, 0.1) is 19.1 Å². The number of methoxy groups -OCH3 is 1. The number of nitrogens with zero attached hydrogens (tertiary/aromatic N) is 1. The van der Waals surface area contributed by atoms with Crippen LogP contribution in [0.2, 0.25) is 0 Å². The van der Waals surface area contributed by atoms with Crippen molar-refractivity contribution in [2.45, 2.75) is 6.18 Å². The molecule has 0 unspecified atom stereocenters. The number of hydrogen-bond acceptors (Lipinski definition) is 7. The van der Waals surface area contributed by atoms with Gasteiger partial charge >= 0.3 is 18.2 Å². The molecule has 0 spiro atoms. The Balaban J connectivity index is 2.33. The van der Waals surface area contributed by atoms with Crippen LogP contribution in [-0.2, 0) is 14.8 Å². The Morgan fingerprint density at radius 2 is 1.76 bits per heavy atom. The van der Waals surface area contributed by atoms with Gasteiger partial charge in [0.2, 0.25) is 10.0 Å². The summed E-state index contributed by atoms with van der Waals surface area (Å²) in [6.45, 7) is -1.87. The quantitative estimate of drug-likeness (QED) is 0.307. The minimum atomic E-state index is -4.90. The molecule has 2 N–H and O–H groups in total. The Bertz CT molecular complexity index is 1370. The fraction of sp³-hybridized carbons (Fsp3) is 0.200. The van der Waals surface area contributed by atoms with E-state index < -0.39 is 46.3 Å². The van der Waals surface area contributed by atoms with Crippen molar-refractivity contribution in [1.82, 2.24) is 0 Å². The molecular formula is C20H16F4N2O7S. The first kappa shape index (κ1) is 24.8. The van der Waals surface area contributed by atoms with Crippen LogP contribution in [0.1, 0.15) is 10.4 Å². The highest BCUT2D eigenvalue weighted by atomic mass is 32.2. The number of furan rings is 1. The van der Waals surface area contributed by atoms with Crippen LogP contribution < -0.4 is 14.8 Å². The molecule has 0 saturated carbocycles. The summed E-state index contributed by atoms with van der Waals surface area (Å²) in [7, 11) is -3.38. The van der Waals surface area contributed by atoms with Gasteiger partial charge in [-0.2, -0.15) is 13.2 Å². The van der Waals surface area contributed by atoms with Gasteiger partial charge in [0.25, 0.3) is 0 Å². The van der Waals surface area contributed by atoms with Crippen LogP contribution in [-0.4, -0.2) is 46.6 Å². The van der Waals surface area contributed by atoms with Gasteiger partial charge < -0.3 is 19.6 Å². The van der Waals surface area contributed by atoms with Crippen molar-refractivity contribution in [3.63, 3.8) is 0 Å². The van der Waals surface area contributed by atoms with Crippen LogP contribution in [0.3, 0.4) is 0 Å². The summed E-state index contributed by atoms with van der Waals surface area (Å²) in [4.78, 5) is 23.7. The average Bonchev–Trinajstić information content (AvgIpc) is 3.08. The summed E-state index contributed by atoms with van der Waals surface area (Å²) in [5, 5.41) is -0.0911. The maximum atomic E-state index is 13.4. The van der Waals surface area contributed by atoms with Crippen molar-refractivity contribution in [2.24, 2.45) is 5.73 Å². The average molecular weight is 504 g/mol. The fourth-order valence-electron chi connectivity index (χ4n) is 3.16. The number of esters is 1. The Kier molecular flexibility index (Phi) is 6.46. The third-order valence-electron chi connectivity index (χ3n) is 4.49. The molecule has 9 nitrogen and oxygen atoms in total. The number of alkyl halides is 3. The number of rotatable bonds is 6. The van der Waals surface area contributed by atoms with E-state index in [4.69, 9.17) is 14.9 Å². The van der Waals surface area contributed by atoms with Crippen LogP contribution in [0.25, 0.3) is 22.3 Å². The smallest absolute Gasteiger partial charge is 0.412 e. The highest BCUT2D eigenvalue weighted by Crippen LogP contribution is 2.42. The third-order valence-corrected chi connectivity index (χ3v) is 5.61. The molecule has 14 heteroatoms. The van der Waals surface area contributed by atoms with E-state index >= 15 is 0 Å². The zero-order chi connectivity index (χ0) is 25.4. The van der Waals surface area contributed by atoms with Crippen molar-refractivity contribution < 1.29 is 49.5 Å². The van der Waals surface area contributed by atoms with Crippen molar-refractivity contribution in [2.75, 3.05) is 24.2 Å². The second kappa shape index (κ2) is 8.85. The van der Waals surface area contributed by atoms with E-state index in [1.165, 1.54) is 12.1 Å². The minimum absolute atomic E-state index is 0.0623. The van der Waals surface area contributed by atoms with Gasteiger partial charge in [0.15, 0.2) is 0 Å². The molecule has 1 heterocycles. The number of benzene rings is 2. The van der Waals surface area contributed by atoms with Crippen molar-refractivity contribution in [3.05, 3.63) is 47.8 Å². The number of ether oxygens (including phenoxy) is 2. The zero-order valence-electron chi connectivity index (χ0n) is 17.5. The zero-order valence-corrected chi connectivity index (χ0v) is 18.3. The molecule has 0 aliphatic rings. The number of nitrogens with two attached hydrogens (primary N) is 1. The molecular weight excluding hydrogens is 488 g/mol. The summed E-state index contributed by atoms with van der Waals surface area (Å²) >= 11 is 0. The number of carbonyl (C=O) groups is 2. The molecule has 182 valence electrons. The normalized spacial score (nSPS) is 11.9. The second-order valence-electron chi connectivity index (χ2n) is 6.93. The summed E-state index contributed by atoms with van der Waals surface area (Å²) in [5.74, 6) is -2.47. The largest absolute Gasteiger partial charge is 0.495 e. The predicted molar refractivity (Wildman–Crippen MR) is 111 cm³/mol. The number of anilines is 1. The molecule has 1 amide bonds. The maximum Gasteiger partial charge on any atom is 0.412 e. The summed E-state index contributed by atoms with van der Waals surface area (Å²) in [5.41, 5.74) is 3.91. The van der Waals surface area contributed by atoms with Gasteiger partial charge in [-0.25, -0.2) is 22.4 Å². The summed E-state index contributed by atoms with van der Waals surface area (Å²) in [6, 6.07) is 6.54. The third kappa shape index (κ3) is 5.22. The van der Waals surface area contributed by atoms with E-state index in [0.29, 0.717) is 6.26 Å². The van der Waals surface area contributed by atoms with Crippen molar-refractivity contribution in [3.8, 4) is 17.1 Å². The lowest BCUT2D eigenvalue weighted by atomic mass is 10.0. The minimum Gasteiger partial charge on any atom is -0.495 e. The van der Waals surface area contributed by atoms with E-state index in [9.17, 15) is 35.6 Å². The molecule has 0 fully saturated rings. The first-order chi connectivity index (χ1) is 15.7. The van der Waals surface area contributed by atoms with E-state index in [1.54, 1.807) is 0 Å². The molecule has 3 rings (SSSR count). The molecule has 0 aliphatic heterocycles. The SMILES string of the molecule is COc1cc2c(C(=O)OC(N)=O)c(-c3ccc(F)cc3)oc2cc1N(CC(F)(F)F)S(C)(=O)=O. The van der Waals surface area contributed by atoms with Crippen LogP contribution in [0.4, 0.5) is 28.0 Å². The highest BCUT2D eigenvalue weighted by Gasteiger charge is 2.37. The topological polar surface area (TPSA) is 129 Å². The standard InChI is InChI=1S/C20H16F4N2O7S/c1-31-15-7-12-14(8-13(15)26(34(2,29)30)9-20(22,23)24)32-17(10-3-5-11(21)6-4-10)16(12)18(27)33-19(25)28/h3-8H,9H2,1-2H3,(H2,25,28). The molecule has 2 aromatic carbocycles. The van der Waals surface area contributed by atoms with E-state index in [0.717, 1.165) is 31.4 Å². The molecule has 0 aliphatic carbocycles. The van der Waals surface area contributed by atoms with Gasteiger partial charge in [-0.15, -0.1) is 0 Å². The van der Waals surface area contributed by atoms with Crippen LogP contribution in [0, 0.1) is 5.82 Å². The number of carbonyl (C=O) groups excluding carboxylic acids is 2. The monoisotopic (exact) mass is 504 g/mol. The highest BCUT2D eigenvalue weighted by molar-refractivity contribution is 7.92. The fourth-order valence-corrected chi connectivity index (χ4v) is 4.05.